The smallest absolute Gasteiger partial charge is 0.327 e. The molecular formula is C41H61N3O14. The largest absolute Gasteiger partial charge is 0.458 e. The normalized spacial score (nSPS) is 33.9. The van der Waals surface area contributed by atoms with Crippen molar-refractivity contribution in [3.05, 3.63) is 41.5 Å². The van der Waals surface area contributed by atoms with Crippen LogP contribution in [0.15, 0.2) is 30.3 Å². The topological polar surface area (TPSA) is 235 Å². The Bertz CT molecular complexity index is 1570. The van der Waals surface area contributed by atoms with Gasteiger partial charge in [-0.3, -0.25) is 19.2 Å². The van der Waals surface area contributed by atoms with Crippen LogP contribution in [0, 0.1) is 5.41 Å². The minimum atomic E-state index is -1.55. The second kappa shape index (κ2) is 20.0. The first-order valence-corrected chi connectivity index (χ1v) is 20.8. The third-order valence-corrected chi connectivity index (χ3v) is 11.9. The Kier molecular flexibility index (Phi) is 15.3. The number of carbonyl (C=O) groups is 3. The molecule has 0 spiro atoms. The molecule has 4 heterocycles. The summed E-state index contributed by atoms with van der Waals surface area (Å²) in [6, 6.07) is 6.32. The number of carbonyl (C=O) groups excluding carboxylic acids is 3. The molecule has 11 atom stereocenters. The molecule has 1 aliphatic carbocycles. The second-order valence-electron chi connectivity index (χ2n) is 16.0. The van der Waals surface area contributed by atoms with E-state index in [2.05, 4.69) is 24.5 Å². The summed E-state index contributed by atoms with van der Waals surface area (Å²) in [7, 11) is 0. The van der Waals surface area contributed by atoms with Crippen molar-refractivity contribution in [3.8, 4) is 0 Å². The number of nitrogens with zero attached hydrogens (tertiary/aromatic N) is 1. The summed E-state index contributed by atoms with van der Waals surface area (Å²) in [5, 5.41) is 55.9. The molecule has 0 aromatic heterocycles. The van der Waals surface area contributed by atoms with E-state index in [0.29, 0.717) is 12.8 Å². The molecule has 11 unspecified atom stereocenters. The summed E-state index contributed by atoms with van der Waals surface area (Å²) >= 11 is 0. The monoisotopic (exact) mass is 819 g/mol. The highest BCUT2D eigenvalue weighted by molar-refractivity contribution is 5.94. The summed E-state index contributed by atoms with van der Waals surface area (Å²) in [6.45, 7) is 3.70. The summed E-state index contributed by atoms with van der Waals surface area (Å²) in [4.78, 5) is 47.7. The molecule has 0 radical (unpaired) electrons. The maximum atomic E-state index is 14.5. The number of amides is 2. The first-order valence-electron chi connectivity index (χ1n) is 20.8. The SMILES string of the molecule is CCCCCC1(CCCCC)OC2C3CC4(C(=O)NCCC(=O)NCCO)C(ON(Cc5cccc(C=CCOC6OC(CO)C(O)C(O)C6O)c5)C4C(=O)O3)C2O1. The number of aliphatic hydroxyl groups is 5. The molecule has 1 aromatic carbocycles. The zero-order valence-electron chi connectivity index (χ0n) is 33.4. The van der Waals surface area contributed by atoms with Crippen LogP contribution in [0.1, 0.15) is 89.2 Å². The molecule has 17 nitrogen and oxygen atoms in total. The predicted molar refractivity (Wildman–Crippen MR) is 205 cm³/mol. The molecule has 2 bridgehead atoms. The first-order chi connectivity index (χ1) is 28.0. The van der Waals surface area contributed by atoms with Gasteiger partial charge in [0.25, 0.3) is 0 Å². The molecule has 2 amide bonds. The second-order valence-corrected chi connectivity index (χ2v) is 16.0. The maximum absolute atomic E-state index is 14.5. The van der Waals surface area contributed by atoms with Gasteiger partial charge < -0.3 is 59.9 Å². The zero-order chi connectivity index (χ0) is 41.5. The molecule has 324 valence electrons. The number of fused-ring (bicyclic) bond motifs is 4. The van der Waals surface area contributed by atoms with Crippen molar-refractivity contribution in [1.82, 2.24) is 15.7 Å². The molecule has 4 saturated heterocycles. The van der Waals surface area contributed by atoms with Crippen LogP contribution in [0.2, 0.25) is 0 Å². The Morgan fingerprint density at radius 3 is 2.41 bits per heavy atom. The van der Waals surface area contributed by atoms with Gasteiger partial charge in [0.1, 0.15) is 54.2 Å². The van der Waals surface area contributed by atoms with Crippen molar-refractivity contribution in [2.45, 2.75) is 152 Å². The van der Waals surface area contributed by atoms with Gasteiger partial charge in [-0.05, 0) is 24.0 Å². The van der Waals surface area contributed by atoms with E-state index < -0.39 is 90.8 Å². The van der Waals surface area contributed by atoms with E-state index in [-0.39, 0.29) is 51.6 Å². The molecule has 7 N–H and O–H groups in total. The number of hydrogen-bond acceptors (Lipinski definition) is 15. The van der Waals surface area contributed by atoms with Crippen LogP contribution in [0.25, 0.3) is 6.08 Å². The minimum absolute atomic E-state index is 0.00883. The highest BCUT2D eigenvalue weighted by atomic mass is 16.8. The lowest BCUT2D eigenvalue weighted by Gasteiger charge is -2.48. The molecule has 1 saturated carbocycles. The lowest BCUT2D eigenvalue weighted by Crippen LogP contribution is -2.69. The number of aliphatic hydroxyl groups excluding tert-OH is 5. The van der Waals surface area contributed by atoms with Crippen LogP contribution in [-0.4, -0.2) is 148 Å². The van der Waals surface area contributed by atoms with E-state index >= 15 is 0 Å². The Morgan fingerprint density at radius 2 is 1.71 bits per heavy atom. The Morgan fingerprint density at radius 1 is 0.966 bits per heavy atom. The van der Waals surface area contributed by atoms with Crippen LogP contribution >= 0.6 is 0 Å². The zero-order valence-corrected chi connectivity index (χ0v) is 33.4. The van der Waals surface area contributed by atoms with Gasteiger partial charge >= 0.3 is 5.97 Å². The van der Waals surface area contributed by atoms with Gasteiger partial charge in [-0.1, -0.05) is 75.9 Å². The van der Waals surface area contributed by atoms with Crippen molar-refractivity contribution >= 4 is 23.9 Å². The lowest BCUT2D eigenvalue weighted by atomic mass is 9.62. The van der Waals surface area contributed by atoms with Crippen LogP contribution < -0.4 is 10.6 Å². The number of unbranched alkanes of at least 4 members (excludes halogenated alkanes) is 4. The van der Waals surface area contributed by atoms with Crippen molar-refractivity contribution < 1.29 is 68.4 Å². The Balaban J connectivity index is 1.21. The molecule has 5 fully saturated rings. The molecule has 1 aromatic rings. The van der Waals surface area contributed by atoms with E-state index in [1.807, 2.05) is 24.3 Å². The van der Waals surface area contributed by atoms with Crippen molar-refractivity contribution in [2.24, 2.45) is 5.41 Å². The van der Waals surface area contributed by atoms with E-state index in [9.17, 15) is 34.8 Å². The van der Waals surface area contributed by atoms with Crippen LogP contribution in [0.3, 0.4) is 0 Å². The van der Waals surface area contributed by atoms with E-state index in [4.69, 9.17) is 33.6 Å². The molecule has 17 heteroatoms. The number of esters is 1. The standard InChI is InChI=1S/C41H61N3O14/c1-3-5-7-15-40(16-8-6-4-2)56-33-27-22-41(39(52)43-17-14-29(47)42-18-19-45)35(37(51)54-27)44(58-36(41)34(33)57-40)23-26-12-9-11-25(21-26)13-10-20-53-38-32(50)31(49)30(48)28(24-46)55-38/h9-13,21,27-28,30-36,38,45-46,48-50H,3-8,14-20,22-24H2,1-2H3,(H,42,47)(H,43,52). The van der Waals surface area contributed by atoms with Crippen molar-refractivity contribution in [2.75, 3.05) is 32.9 Å². The third-order valence-electron chi connectivity index (χ3n) is 11.9. The molecule has 5 aliphatic rings. The maximum Gasteiger partial charge on any atom is 0.327 e. The number of ether oxygens (including phenoxy) is 5. The molecular weight excluding hydrogens is 758 g/mol. The number of benzene rings is 1. The van der Waals surface area contributed by atoms with E-state index in [1.165, 1.54) is 5.06 Å². The number of hydroxylamine groups is 2. The van der Waals surface area contributed by atoms with Gasteiger partial charge in [-0.15, -0.1) is 0 Å². The Labute approximate surface area is 338 Å². The molecule has 6 rings (SSSR count). The summed E-state index contributed by atoms with van der Waals surface area (Å²) in [5.41, 5.74) is 0.116. The average molecular weight is 820 g/mol. The van der Waals surface area contributed by atoms with Gasteiger partial charge in [0.05, 0.1) is 26.4 Å². The van der Waals surface area contributed by atoms with E-state index in [0.717, 1.165) is 49.7 Å². The predicted octanol–water partition coefficient (Wildman–Crippen LogP) is 0.572. The quantitative estimate of drug-likeness (QED) is 0.0664. The fourth-order valence-electron chi connectivity index (χ4n) is 8.95. The van der Waals surface area contributed by atoms with Crippen molar-refractivity contribution in [1.29, 1.82) is 0 Å². The van der Waals surface area contributed by atoms with Crippen molar-refractivity contribution in [3.63, 3.8) is 0 Å². The Hall–Kier alpha value is -3.07. The van der Waals surface area contributed by atoms with E-state index in [1.54, 1.807) is 12.2 Å². The summed E-state index contributed by atoms with van der Waals surface area (Å²) in [6.07, 6.45) is 0.842. The fourth-order valence-corrected chi connectivity index (χ4v) is 8.95. The van der Waals surface area contributed by atoms with Crippen LogP contribution in [-0.2, 0) is 49.5 Å². The highest BCUT2D eigenvalue weighted by Crippen LogP contribution is 2.58. The third kappa shape index (κ3) is 9.45. The minimum Gasteiger partial charge on any atom is -0.458 e. The van der Waals surface area contributed by atoms with Gasteiger partial charge in [0.2, 0.25) is 11.8 Å². The van der Waals surface area contributed by atoms with Gasteiger partial charge in [0.15, 0.2) is 18.1 Å². The number of hydrogen-bond donors (Lipinski definition) is 7. The average Bonchev–Trinajstić information content (AvgIpc) is 3.77. The highest BCUT2D eigenvalue weighted by Gasteiger charge is 2.76. The van der Waals surface area contributed by atoms with Gasteiger partial charge in [-0.2, -0.15) is 5.06 Å². The lowest BCUT2D eigenvalue weighted by molar-refractivity contribution is -0.298. The van der Waals surface area contributed by atoms with Crippen LogP contribution in [0.4, 0.5) is 0 Å². The summed E-state index contributed by atoms with van der Waals surface area (Å²) in [5.74, 6) is -2.28. The first kappa shape index (κ1) is 44.5. The van der Waals surface area contributed by atoms with Crippen LogP contribution in [0.5, 0.6) is 0 Å². The number of rotatable bonds is 21. The molecule has 4 aliphatic heterocycles. The fraction of sp³-hybridized carbons (Fsp3) is 0.732. The number of nitrogens with one attached hydrogen (secondary N) is 2. The van der Waals surface area contributed by atoms with Gasteiger partial charge in [0, 0.05) is 38.8 Å². The molecule has 58 heavy (non-hydrogen) atoms. The van der Waals surface area contributed by atoms with Gasteiger partial charge in [-0.25, -0.2) is 0 Å². The summed E-state index contributed by atoms with van der Waals surface area (Å²) < 4.78 is 30.9.